The number of aliphatic carboxylic acids is 1. The van der Waals surface area contributed by atoms with Gasteiger partial charge in [-0.1, -0.05) is 13.8 Å². The van der Waals surface area contributed by atoms with Gasteiger partial charge in [0.25, 0.3) is 0 Å². The highest BCUT2D eigenvalue weighted by molar-refractivity contribution is 5.94. The van der Waals surface area contributed by atoms with Gasteiger partial charge in [0, 0.05) is 24.7 Å². The van der Waals surface area contributed by atoms with Gasteiger partial charge in [-0.3, -0.25) is 19.2 Å². The molecule has 4 unspecified atom stereocenters. The van der Waals surface area contributed by atoms with E-state index in [-0.39, 0.29) is 25.7 Å². The number of amides is 4. The molecule has 0 bridgehead atoms. The lowest BCUT2D eigenvalue weighted by Crippen LogP contribution is -2.58. The van der Waals surface area contributed by atoms with E-state index in [9.17, 15) is 29.1 Å². The van der Waals surface area contributed by atoms with Crippen LogP contribution < -0.4 is 33.2 Å². The maximum Gasteiger partial charge on any atom is 0.326 e. The Bertz CT molecular complexity index is 876. The second-order valence-electron chi connectivity index (χ2n) is 8.87. The fourth-order valence-electron chi connectivity index (χ4n) is 3.34. The molecule has 1 rings (SSSR count). The minimum atomic E-state index is -1.25. The van der Waals surface area contributed by atoms with E-state index in [1.165, 1.54) is 12.5 Å². The summed E-state index contributed by atoms with van der Waals surface area (Å²) in [7, 11) is 0. The van der Waals surface area contributed by atoms with E-state index in [1.54, 1.807) is 13.8 Å². The molecular formula is C22H38N8O6. The normalized spacial score (nSPS) is 14.4. The van der Waals surface area contributed by atoms with Crippen molar-refractivity contribution in [3.05, 3.63) is 18.2 Å². The third-order valence-electron chi connectivity index (χ3n) is 5.46. The minimum absolute atomic E-state index is 0.0161. The number of carbonyl (C=O) groups excluding carboxylic acids is 4. The summed E-state index contributed by atoms with van der Waals surface area (Å²) in [4.78, 5) is 67.8. The molecule has 0 aliphatic heterocycles. The average Bonchev–Trinajstić information content (AvgIpc) is 3.32. The maximum atomic E-state index is 13.1. The van der Waals surface area contributed by atoms with Gasteiger partial charge in [0.15, 0.2) is 0 Å². The molecule has 0 radical (unpaired) electrons. The summed E-state index contributed by atoms with van der Waals surface area (Å²) < 4.78 is 0. The van der Waals surface area contributed by atoms with E-state index in [4.69, 9.17) is 17.2 Å². The van der Waals surface area contributed by atoms with Crippen molar-refractivity contribution in [3.63, 3.8) is 0 Å². The van der Waals surface area contributed by atoms with Gasteiger partial charge in [-0.15, -0.1) is 0 Å². The molecule has 14 heteroatoms. The van der Waals surface area contributed by atoms with Gasteiger partial charge in [0.05, 0.1) is 12.4 Å². The highest BCUT2D eigenvalue weighted by Gasteiger charge is 2.32. The Hall–Kier alpha value is -3.52. The first kappa shape index (κ1) is 30.5. The van der Waals surface area contributed by atoms with Crippen LogP contribution in [0.4, 0.5) is 0 Å². The quantitative estimate of drug-likeness (QED) is 0.106. The summed E-state index contributed by atoms with van der Waals surface area (Å²) in [5.41, 5.74) is 16.9. The third-order valence-corrected chi connectivity index (χ3v) is 5.46. The molecule has 4 amide bonds. The molecule has 11 N–H and O–H groups in total. The second kappa shape index (κ2) is 15.5. The van der Waals surface area contributed by atoms with Crippen LogP contribution in [-0.4, -0.2) is 75.4 Å². The molecule has 1 aromatic heterocycles. The zero-order valence-electron chi connectivity index (χ0n) is 20.7. The second-order valence-corrected chi connectivity index (χ2v) is 8.87. The maximum absolute atomic E-state index is 13.1. The van der Waals surface area contributed by atoms with Crippen molar-refractivity contribution in [3.8, 4) is 0 Å². The van der Waals surface area contributed by atoms with Crippen molar-refractivity contribution in [2.24, 2.45) is 23.1 Å². The van der Waals surface area contributed by atoms with Crippen LogP contribution in [0.25, 0.3) is 0 Å². The number of carbonyl (C=O) groups is 5. The van der Waals surface area contributed by atoms with Crippen molar-refractivity contribution < 1.29 is 29.1 Å². The number of imidazole rings is 1. The van der Waals surface area contributed by atoms with Gasteiger partial charge in [-0.25, -0.2) is 9.78 Å². The molecule has 0 saturated heterocycles. The first-order valence-electron chi connectivity index (χ1n) is 11.8. The van der Waals surface area contributed by atoms with Crippen molar-refractivity contribution in [1.29, 1.82) is 0 Å². The lowest BCUT2D eigenvalue weighted by atomic mass is 10.0. The molecule has 14 nitrogen and oxygen atoms in total. The van der Waals surface area contributed by atoms with E-state index in [2.05, 4.69) is 25.9 Å². The zero-order chi connectivity index (χ0) is 27.3. The van der Waals surface area contributed by atoms with Gasteiger partial charge in [-0.05, 0) is 38.1 Å². The van der Waals surface area contributed by atoms with Crippen LogP contribution in [0.3, 0.4) is 0 Å². The topological polar surface area (TPSA) is 248 Å². The Kier molecular flexibility index (Phi) is 13.1. The number of nitrogens with one attached hydrogen (secondary N) is 4. The number of primary amides is 1. The number of aromatic nitrogens is 2. The number of hydrogen-bond acceptors (Lipinski definition) is 8. The fraction of sp³-hybridized carbons (Fsp3) is 0.636. The molecular weight excluding hydrogens is 472 g/mol. The molecule has 36 heavy (non-hydrogen) atoms. The summed E-state index contributed by atoms with van der Waals surface area (Å²) >= 11 is 0. The first-order chi connectivity index (χ1) is 17.0. The predicted molar refractivity (Wildman–Crippen MR) is 130 cm³/mol. The summed E-state index contributed by atoms with van der Waals surface area (Å²) in [5.74, 6) is -4.20. The van der Waals surface area contributed by atoms with E-state index >= 15 is 0 Å². The van der Waals surface area contributed by atoms with Crippen LogP contribution >= 0.6 is 0 Å². The van der Waals surface area contributed by atoms with Crippen LogP contribution in [0.2, 0.25) is 0 Å². The van der Waals surface area contributed by atoms with Gasteiger partial charge in [0.2, 0.25) is 23.6 Å². The molecule has 0 aromatic carbocycles. The summed E-state index contributed by atoms with van der Waals surface area (Å²) in [6, 6.07) is -4.39. The Morgan fingerprint density at radius 2 is 1.67 bits per heavy atom. The highest BCUT2D eigenvalue weighted by atomic mass is 16.4. The molecule has 1 heterocycles. The largest absolute Gasteiger partial charge is 0.480 e. The molecule has 0 saturated carbocycles. The Balaban J connectivity index is 2.91. The van der Waals surface area contributed by atoms with Crippen LogP contribution in [-0.2, 0) is 30.4 Å². The fourth-order valence-corrected chi connectivity index (χ4v) is 3.34. The van der Waals surface area contributed by atoms with Gasteiger partial charge in [-0.2, -0.15) is 0 Å². The number of aromatic amines is 1. The number of H-pyrrole nitrogens is 1. The average molecular weight is 511 g/mol. The monoisotopic (exact) mass is 510 g/mol. The summed E-state index contributed by atoms with van der Waals surface area (Å²) in [5, 5.41) is 17.2. The molecule has 4 atom stereocenters. The number of nitrogens with zero attached hydrogens (tertiary/aromatic N) is 1. The minimum Gasteiger partial charge on any atom is -0.480 e. The van der Waals surface area contributed by atoms with Crippen molar-refractivity contribution in [2.45, 2.75) is 76.5 Å². The van der Waals surface area contributed by atoms with Gasteiger partial charge in [0.1, 0.15) is 18.1 Å². The Morgan fingerprint density at radius 3 is 2.19 bits per heavy atom. The standard InChI is InChI=1S/C22H38N8O6/c1-12(2)18(21(34)29-16(22(35)36)9-13-10-26-11-27-13)30-20(33)15(5-3-4-8-23)28-19(32)14(24)6-7-17(25)31/h10-12,14-16,18H,3-9,23-24H2,1-2H3,(H2,25,31)(H,26,27)(H,28,32)(H,29,34)(H,30,33)(H,35,36). The SMILES string of the molecule is CC(C)C(NC(=O)C(CCCCN)NC(=O)C(N)CCC(N)=O)C(=O)NC(Cc1cnc[nH]1)C(=O)O. The van der Waals surface area contributed by atoms with E-state index < -0.39 is 59.7 Å². The van der Waals surface area contributed by atoms with E-state index in [0.717, 1.165) is 0 Å². The van der Waals surface area contributed by atoms with Crippen LogP contribution in [0.15, 0.2) is 12.5 Å². The van der Waals surface area contributed by atoms with E-state index in [0.29, 0.717) is 25.1 Å². The van der Waals surface area contributed by atoms with Crippen LogP contribution in [0.5, 0.6) is 0 Å². The van der Waals surface area contributed by atoms with Gasteiger partial charge >= 0.3 is 5.97 Å². The Labute approximate surface area is 209 Å². The first-order valence-corrected chi connectivity index (χ1v) is 11.8. The van der Waals surface area contributed by atoms with Gasteiger partial charge < -0.3 is 43.2 Å². The van der Waals surface area contributed by atoms with Crippen LogP contribution in [0, 0.1) is 5.92 Å². The lowest BCUT2D eigenvalue weighted by Gasteiger charge is -2.27. The zero-order valence-corrected chi connectivity index (χ0v) is 20.7. The molecule has 0 aliphatic rings. The lowest BCUT2D eigenvalue weighted by molar-refractivity contribution is -0.142. The molecule has 0 aliphatic carbocycles. The van der Waals surface area contributed by atoms with Crippen molar-refractivity contribution >= 4 is 29.6 Å². The molecule has 1 aromatic rings. The molecule has 0 spiro atoms. The summed E-state index contributed by atoms with van der Waals surface area (Å²) in [6.07, 6.45) is 4.12. The van der Waals surface area contributed by atoms with E-state index in [1.807, 2.05) is 0 Å². The smallest absolute Gasteiger partial charge is 0.326 e. The molecule has 202 valence electrons. The van der Waals surface area contributed by atoms with Crippen LogP contribution in [0.1, 0.15) is 51.6 Å². The number of unbranched alkanes of at least 4 members (excludes halogenated alkanes) is 1. The van der Waals surface area contributed by atoms with Crippen molar-refractivity contribution in [1.82, 2.24) is 25.9 Å². The highest BCUT2D eigenvalue weighted by Crippen LogP contribution is 2.08. The number of rotatable bonds is 17. The number of nitrogens with two attached hydrogens (primary N) is 3. The Morgan fingerprint density at radius 1 is 1.00 bits per heavy atom. The van der Waals surface area contributed by atoms with Crippen molar-refractivity contribution in [2.75, 3.05) is 6.54 Å². The molecule has 0 fully saturated rings. The number of hydrogen-bond donors (Lipinski definition) is 8. The number of carboxylic acids is 1. The third kappa shape index (κ3) is 10.8. The predicted octanol–water partition coefficient (Wildman–Crippen LogP) is -2.13. The number of carboxylic acid groups (broad SMARTS) is 1. The summed E-state index contributed by atoms with van der Waals surface area (Å²) in [6.45, 7) is 3.78.